The Bertz CT molecular complexity index is 2410. The number of hydrogen-bond acceptors (Lipinski definition) is 15. The molecule has 0 amide bonds. The topological polar surface area (TPSA) is 237 Å². The second kappa shape index (κ2) is 74.7. The van der Waals surface area contributed by atoms with Crippen LogP contribution in [0.4, 0.5) is 0 Å². The van der Waals surface area contributed by atoms with E-state index >= 15 is 0 Å². The molecule has 0 aliphatic heterocycles. The van der Waals surface area contributed by atoms with Gasteiger partial charge in [-0.25, -0.2) is 9.13 Å². The minimum atomic E-state index is -5.00. The minimum absolute atomic E-state index is 0.0310. The zero-order valence-corrected chi connectivity index (χ0v) is 65.8. The molecule has 0 spiro atoms. The molecule has 102 heavy (non-hydrogen) atoms. The lowest BCUT2D eigenvalue weighted by Gasteiger charge is -2.21. The Labute approximate surface area is 619 Å². The first kappa shape index (κ1) is 97.5. The summed E-state index contributed by atoms with van der Waals surface area (Å²) in [5.74, 6) is -2.29. The van der Waals surface area contributed by atoms with E-state index < -0.39 is 97.5 Å². The highest BCUT2D eigenvalue weighted by Crippen LogP contribution is 2.45. The third-order valence-corrected chi connectivity index (χ3v) is 18.3. The fraction of sp³-hybridized carbons (Fsp3) is 0.711. The highest BCUT2D eigenvalue weighted by atomic mass is 31.2. The first-order chi connectivity index (χ1) is 49.7. The van der Waals surface area contributed by atoms with Gasteiger partial charge in [0.1, 0.15) is 19.3 Å². The van der Waals surface area contributed by atoms with Crippen molar-refractivity contribution < 1.29 is 80.2 Å². The quantitative estimate of drug-likeness (QED) is 0.0169. The zero-order valence-electron chi connectivity index (χ0n) is 64.0. The van der Waals surface area contributed by atoms with Crippen molar-refractivity contribution in [1.82, 2.24) is 0 Å². The van der Waals surface area contributed by atoms with Crippen LogP contribution >= 0.6 is 15.6 Å². The summed E-state index contributed by atoms with van der Waals surface area (Å²) < 4.78 is 68.4. The van der Waals surface area contributed by atoms with Crippen LogP contribution in [0.5, 0.6) is 0 Å². The predicted molar refractivity (Wildman–Crippen MR) is 418 cm³/mol. The van der Waals surface area contributed by atoms with Crippen LogP contribution in [0, 0.1) is 0 Å². The fourth-order valence-electron chi connectivity index (χ4n) is 10.4. The number of rotatable bonds is 74. The summed E-state index contributed by atoms with van der Waals surface area (Å²) in [7, 11) is -9.98. The van der Waals surface area contributed by atoms with E-state index in [0.717, 1.165) is 148 Å². The molecule has 0 bridgehead atoms. The Morgan fingerprint density at radius 3 is 0.902 bits per heavy atom. The summed E-state index contributed by atoms with van der Waals surface area (Å²) >= 11 is 0. The maximum atomic E-state index is 13.1. The van der Waals surface area contributed by atoms with Gasteiger partial charge in [0.25, 0.3) is 0 Å². The number of aliphatic hydroxyl groups is 1. The van der Waals surface area contributed by atoms with Gasteiger partial charge >= 0.3 is 39.5 Å². The first-order valence-electron chi connectivity index (χ1n) is 39.8. The van der Waals surface area contributed by atoms with Gasteiger partial charge in [-0.1, -0.05) is 297 Å². The molecule has 0 fully saturated rings. The standard InChI is InChI=1S/C83H142O17P2/c1-5-9-13-17-21-25-29-32-34-36-38-40-42-45-49-52-56-60-64-68-81(86)94-74-79(100-83(88)70-66-62-58-54-50-46-43-41-39-37-35-33-30-26-22-18-14-10-6-2)76-98-102(91,92)96-72-77(84)71-95-101(89,90)97-75-78(99-82(87)69-65-61-57-53-47-28-24-20-16-12-8-4)73-93-80(85)67-63-59-55-51-48-44-31-27-23-19-15-11-7-3/h9,13,20-22,24-26,32-35,38-41,45,49,56,60,77-79,84H,5-8,10-12,14-19,23,27-31,36-37,42-44,46-48,50-55,57-59,61-76H2,1-4H3,(H,89,90)(H,91,92)/b13-9-,24-20-,25-21-,26-22-,34-32-,35-33-,40-38-,41-39-,49-45-,60-56-. The summed E-state index contributed by atoms with van der Waals surface area (Å²) in [6.07, 6.45) is 82.0. The van der Waals surface area contributed by atoms with E-state index in [1.54, 1.807) is 0 Å². The number of phosphoric ester groups is 2. The maximum Gasteiger partial charge on any atom is 0.472 e. The van der Waals surface area contributed by atoms with E-state index in [4.69, 9.17) is 37.0 Å². The van der Waals surface area contributed by atoms with Gasteiger partial charge in [-0.3, -0.25) is 37.3 Å². The van der Waals surface area contributed by atoms with Crippen LogP contribution in [0.1, 0.15) is 323 Å². The molecule has 0 saturated heterocycles. The molecule has 0 aromatic rings. The monoisotopic (exact) mass is 1470 g/mol. The summed E-state index contributed by atoms with van der Waals surface area (Å²) in [5, 5.41) is 10.6. The Morgan fingerprint density at radius 2 is 0.539 bits per heavy atom. The lowest BCUT2D eigenvalue weighted by molar-refractivity contribution is -0.161. The molecule has 5 atom stereocenters. The Balaban J connectivity index is 5.41. The van der Waals surface area contributed by atoms with Gasteiger partial charge < -0.3 is 33.8 Å². The second-order valence-corrected chi connectivity index (χ2v) is 29.2. The number of esters is 4. The van der Waals surface area contributed by atoms with Crippen molar-refractivity contribution in [3.05, 3.63) is 122 Å². The van der Waals surface area contributed by atoms with Crippen LogP contribution in [0.2, 0.25) is 0 Å². The van der Waals surface area contributed by atoms with Gasteiger partial charge in [0.15, 0.2) is 12.2 Å². The number of unbranched alkanes of at least 4 members (excludes halogenated alkanes) is 28. The zero-order chi connectivity index (χ0) is 74.6. The first-order valence-corrected chi connectivity index (χ1v) is 42.8. The van der Waals surface area contributed by atoms with Crippen LogP contribution in [-0.2, 0) is 65.4 Å². The van der Waals surface area contributed by atoms with Gasteiger partial charge in [-0.15, -0.1) is 0 Å². The molecule has 3 N–H and O–H groups in total. The number of allylic oxidation sites excluding steroid dienone is 20. The summed E-state index contributed by atoms with van der Waals surface area (Å²) in [5.41, 5.74) is 0. The van der Waals surface area contributed by atoms with Crippen molar-refractivity contribution in [2.24, 2.45) is 0 Å². The number of aliphatic hydroxyl groups excluding tert-OH is 1. The van der Waals surface area contributed by atoms with Gasteiger partial charge in [-0.2, -0.15) is 0 Å². The Kier molecular flexibility index (Phi) is 71.4. The molecule has 0 aliphatic carbocycles. The molecular weight excluding hydrogens is 1330 g/mol. The molecule has 0 rings (SSSR count). The number of phosphoric acid groups is 2. The summed E-state index contributed by atoms with van der Waals surface area (Å²) in [6.45, 7) is 4.60. The van der Waals surface area contributed by atoms with Crippen LogP contribution < -0.4 is 0 Å². The number of hydrogen-bond donors (Lipinski definition) is 3. The fourth-order valence-corrected chi connectivity index (χ4v) is 11.9. The molecule has 0 heterocycles. The Morgan fingerprint density at radius 1 is 0.284 bits per heavy atom. The van der Waals surface area contributed by atoms with Crippen LogP contribution in [0.25, 0.3) is 0 Å². The van der Waals surface area contributed by atoms with Crippen molar-refractivity contribution in [3.63, 3.8) is 0 Å². The lowest BCUT2D eigenvalue weighted by Crippen LogP contribution is -2.30. The SMILES string of the molecule is CC/C=C\C/C=C\C/C=C\C/C=C\C/C=C\C/C=C\CCC(=O)OCC(COP(=O)(O)OCC(O)COP(=O)(O)OCC(COC(=O)CCCCCCCCCCCCCCC)OC(=O)CCCCCCC/C=C\CCCC)OC(=O)CCCCCCCC/C=C\C/C=C\C/C=C\CCCCC. The van der Waals surface area contributed by atoms with E-state index in [2.05, 4.69) is 131 Å². The number of ether oxygens (including phenoxy) is 4. The number of carbonyl (C=O) groups is 4. The molecule has 0 radical (unpaired) electrons. The maximum absolute atomic E-state index is 13.1. The van der Waals surface area contributed by atoms with E-state index in [0.29, 0.717) is 32.1 Å². The molecule has 0 aromatic heterocycles. The van der Waals surface area contributed by atoms with Crippen molar-refractivity contribution in [1.29, 1.82) is 0 Å². The van der Waals surface area contributed by atoms with Gasteiger partial charge in [0.2, 0.25) is 0 Å². The van der Waals surface area contributed by atoms with E-state index in [9.17, 15) is 43.2 Å². The number of carbonyl (C=O) groups excluding carboxylic acids is 4. The highest BCUT2D eigenvalue weighted by molar-refractivity contribution is 7.47. The second-order valence-electron chi connectivity index (χ2n) is 26.3. The minimum Gasteiger partial charge on any atom is -0.462 e. The highest BCUT2D eigenvalue weighted by Gasteiger charge is 2.30. The van der Waals surface area contributed by atoms with Crippen LogP contribution in [0.3, 0.4) is 0 Å². The van der Waals surface area contributed by atoms with Crippen molar-refractivity contribution in [3.8, 4) is 0 Å². The van der Waals surface area contributed by atoms with Gasteiger partial charge in [0.05, 0.1) is 26.4 Å². The van der Waals surface area contributed by atoms with E-state index in [-0.39, 0.29) is 25.7 Å². The van der Waals surface area contributed by atoms with E-state index in [1.165, 1.54) is 89.9 Å². The summed E-state index contributed by atoms with van der Waals surface area (Å²) in [4.78, 5) is 72.9. The average molecular weight is 1470 g/mol. The van der Waals surface area contributed by atoms with Gasteiger partial charge in [0, 0.05) is 25.7 Å². The molecule has 0 aliphatic rings. The van der Waals surface area contributed by atoms with Crippen molar-refractivity contribution >= 4 is 39.5 Å². The van der Waals surface area contributed by atoms with Crippen LogP contribution in [-0.4, -0.2) is 96.7 Å². The summed E-state index contributed by atoms with van der Waals surface area (Å²) in [6, 6.07) is 0. The largest absolute Gasteiger partial charge is 0.472 e. The average Bonchev–Trinajstić information content (AvgIpc) is 0.940. The van der Waals surface area contributed by atoms with Crippen molar-refractivity contribution in [2.45, 2.75) is 341 Å². The normalized spacial score (nSPS) is 14.5. The van der Waals surface area contributed by atoms with E-state index in [1.807, 2.05) is 18.2 Å². The van der Waals surface area contributed by atoms with Crippen LogP contribution in [0.15, 0.2) is 122 Å². The smallest absolute Gasteiger partial charge is 0.462 e. The third kappa shape index (κ3) is 73.8. The molecule has 0 saturated carbocycles. The third-order valence-electron chi connectivity index (χ3n) is 16.4. The van der Waals surface area contributed by atoms with Crippen molar-refractivity contribution in [2.75, 3.05) is 39.6 Å². The molecular formula is C83H142O17P2. The molecule has 17 nitrogen and oxygen atoms in total. The predicted octanol–water partition coefficient (Wildman–Crippen LogP) is 23.1. The lowest BCUT2D eigenvalue weighted by atomic mass is 10.0. The Hall–Kier alpha value is -4.54. The molecule has 5 unspecified atom stereocenters. The molecule has 586 valence electrons. The van der Waals surface area contributed by atoms with Gasteiger partial charge in [-0.05, 0) is 122 Å². The molecule has 19 heteroatoms. The molecule has 0 aromatic carbocycles.